The van der Waals surface area contributed by atoms with Crippen LogP contribution in [0.2, 0.25) is 0 Å². The highest BCUT2D eigenvalue weighted by Gasteiger charge is 2.25. The summed E-state index contributed by atoms with van der Waals surface area (Å²) < 4.78 is 0. The zero-order valence-corrected chi connectivity index (χ0v) is 20.8. The highest BCUT2D eigenvalue weighted by molar-refractivity contribution is 7.99. The third-order valence-electron chi connectivity index (χ3n) is 6.48. The molecule has 2 aromatic carbocycles. The average molecular weight is 453 g/mol. The lowest BCUT2D eigenvalue weighted by molar-refractivity contribution is 0.0956. The van der Waals surface area contributed by atoms with Crippen molar-refractivity contribution in [1.29, 1.82) is 0 Å². The number of nitrogens with zero attached hydrogens (tertiary/aromatic N) is 2. The van der Waals surface area contributed by atoms with Gasteiger partial charge in [-0.25, -0.2) is 0 Å². The van der Waals surface area contributed by atoms with Gasteiger partial charge in [0.25, 0.3) is 0 Å². The Labute approximate surface area is 197 Å². The van der Waals surface area contributed by atoms with E-state index < -0.39 is 0 Å². The van der Waals surface area contributed by atoms with Crippen molar-refractivity contribution in [3.05, 3.63) is 58.7 Å². The van der Waals surface area contributed by atoms with E-state index in [0.29, 0.717) is 12.8 Å². The maximum atomic E-state index is 13.1. The lowest BCUT2D eigenvalue weighted by Gasteiger charge is -2.24. The highest BCUT2D eigenvalue weighted by atomic mass is 32.2. The Morgan fingerprint density at radius 1 is 0.719 bits per heavy atom. The van der Waals surface area contributed by atoms with E-state index in [2.05, 4.69) is 49.6 Å². The van der Waals surface area contributed by atoms with Gasteiger partial charge in [-0.05, 0) is 43.7 Å². The Kier molecular flexibility index (Phi) is 9.09. The van der Waals surface area contributed by atoms with Crippen LogP contribution in [0.3, 0.4) is 0 Å². The minimum absolute atomic E-state index is 0.190. The molecule has 1 heterocycles. The van der Waals surface area contributed by atoms with Gasteiger partial charge in [-0.15, -0.1) is 0 Å². The van der Waals surface area contributed by atoms with Gasteiger partial charge in [-0.3, -0.25) is 9.59 Å². The fraction of sp³-hybridized carbons (Fsp3) is 0.481. The molecule has 172 valence electrons. The predicted molar refractivity (Wildman–Crippen MR) is 133 cm³/mol. The molecule has 32 heavy (non-hydrogen) atoms. The largest absolute Gasteiger partial charge is 0.303 e. The van der Waals surface area contributed by atoms with Crippen LogP contribution < -0.4 is 0 Å². The summed E-state index contributed by atoms with van der Waals surface area (Å²) in [5.41, 5.74) is 3.97. The summed E-state index contributed by atoms with van der Waals surface area (Å²) in [6.07, 6.45) is 1.82. The first-order valence-corrected chi connectivity index (χ1v) is 12.8. The minimum Gasteiger partial charge on any atom is -0.303 e. The number of benzene rings is 2. The molecule has 0 bridgehead atoms. The van der Waals surface area contributed by atoms with Gasteiger partial charge in [-0.2, -0.15) is 0 Å². The molecule has 0 amide bonds. The second kappa shape index (κ2) is 11.8. The summed E-state index contributed by atoms with van der Waals surface area (Å²) in [5, 5.41) is 0. The Morgan fingerprint density at radius 3 is 1.50 bits per heavy atom. The molecule has 4 nitrogen and oxygen atoms in total. The summed E-state index contributed by atoms with van der Waals surface area (Å²) in [6, 6.07) is 12.1. The molecule has 0 aromatic heterocycles. The van der Waals surface area contributed by atoms with E-state index in [1.807, 2.05) is 24.3 Å². The van der Waals surface area contributed by atoms with Crippen molar-refractivity contribution >= 4 is 23.3 Å². The SMILES string of the molecule is CCN(CC)CCC(=O)c1cccc2c1Sc1c(cccc1C(=O)CCN(CC)CC)C2. The molecule has 3 rings (SSSR count). The minimum atomic E-state index is 0.190. The van der Waals surface area contributed by atoms with Gasteiger partial charge >= 0.3 is 0 Å². The maximum Gasteiger partial charge on any atom is 0.165 e. The van der Waals surface area contributed by atoms with Gasteiger partial charge in [0.2, 0.25) is 0 Å². The number of Topliss-reactive ketones (excluding diaryl/α,β-unsaturated/α-hetero) is 2. The molecule has 0 radical (unpaired) electrons. The summed E-state index contributed by atoms with van der Waals surface area (Å²) in [4.78, 5) is 32.9. The van der Waals surface area contributed by atoms with Crippen LogP contribution in [0.5, 0.6) is 0 Å². The fourth-order valence-electron chi connectivity index (χ4n) is 4.30. The standard InChI is InChI=1S/C27H36N2O2S/c1-5-28(6-2)17-15-24(30)22-13-9-11-20-19-21-12-10-14-23(27(21)32-26(20)22)25(31)16-18-29(7-3)8-4/h9-14H,5-8,15-19H2,1-4H3. The molecule has 0 saturated carbocycles. The van der Waals surface area contributed by atoms with Gasteiger partial charge in [0.15, 0.2) is 11.6 Å². The molecule has 0 unspecified atom stereocenters. The van der Waals surface area contributed by atoms with E-state index in [1.165, 1.54) is 11.1 Å². The Hall–Kier alpha value is -1.95. The first-order valence-electron chi connectivity index (χ1n) is 11.9. The zero-order valence-electron chi connectivity index (χ0n) is 19.9. The molecule has 0 spiro atoms. The van der Waals surface area contributed by atoms with Gasteiger partial charge in [0.1, 0.15) is 0 Å². The first kappa shape index (κ1) is 24.7. The monoisotopic (exact) mass is 452 g/mol. The maximum absolute atomic E-state index is 13.1. The van der Waals surface area contributed by atoms with E-state index in [0.717, 1.165) is 66.6 Å². The van der Waals surface area contributed by atoms with Crippen molar-refractivity contribution in [2.24, 2.45) is 0 Å². The quantitative estimate of drug-likeness (QED) is 0.336. The molecule has 0 aliphatic carbocycles. The van der Waals surface area contributed by atoms with Crippen molar-refractivity contribution in [1.82, 2.24) is 9.80 Å². The molecule has 1 aliphatic heterocycles. The van der Waals surface area contributed by atoms with Gasteiger partial charge < -0.3 is 9.80 Å². The number of fused-ring (bicyclic) bond motifs is 2. The van der Waals surface area contributed by atoms with Crippen LogP contribution in [0.15, 0.2) is 46.2 Å². The number of ketones is 2. The predicted octanol–water partition coefficient (Wildman–Crippen LogP) is 5.57. The van der Waals surface area contributed by atoms with Gasteiger partial charge in [0, 0.05) is 46.8 Å². The van der Waals surface area contributed by atoms with Crippen molar-refractivity contribution in [2.45, 2.75) is 56.7 Å². The molecule has 1 aliphatic rings. The van der Waals surface area contributed by atoms with E-state index in [4.69, 9.17) is 0 Å². The van der Waals surface area contributed by atoms with Crippen LogP contribution in [0, 0.1) is 0 Å². The van der Waals surface area contributed by atoms with Crippen LogP contribution in [0.4, 0.5) is 0 Å². The molecular formula is C27H36N2O2S. The number of carbonyl (C=O) groups excluding carboxylic acids is 2. The Bertz CT molecular complexity index is 873. The molecule has 0 atom stereocenters. The van der Waals surface area contributed by atoms with Crippen molar-refractivity contribution in [3.63, 3.8) is 0 Å². The summed E-state index contributed by atoms with van der Waals surface area (Å²) in [7, 11) is 0. The molecule has 2 aromatic rings. The lowest BCUT2D eigenvalue weighted by atomic mass is 9.96. The van der Waals surface area contributed by atoms with Crippen molar-refractivity contribution in [3.8, 4) is 0 Å². The lowest BCUT2D eigenvalue weighted by Crippen LogP contribution is -2.26. The number of carbonyl (C=O) groups is 2. The third kappa shape index (κ3) is 5.69. The molecule has 5 heteroatoms. The van der Waals surface area contributed by atoms with Crippen LogP contribution in [0.25, 0.3) is 0 Å². The molecule has 0 N–H and O–H groups in total. The number of hydrogen-bond acceptors (Lipinski definition) is 5. The van der Waals surface area contributed by atoms with Crippen molar-refractivity contribution < 1.29 is 9.59 Å². The Balaban J connectivity index is 1.83. The summed E-state index contributed by atoms with van der Waals surface area (Å²) >= 11 is 1.62. The molecule has 0 fully saturated rings. The van der Waals surface area contributed by atoms with Gasteiger partial charge in [-0.1, -0.05) is 75.9 Å². The van der Waals surface area contributed by atoms with E-state index >= 15 is 0 Å². The highest BCUT2D eigenvalue weighted by Crippen LogP contribution is 2.43. The zero-order chi connectivity index (χ0) is 23.1. The van der Waals surface area contributed by atoms with E-state index in [-0.39, 0.29) is 11.6 Å². The smallest absolute Gasteiger partial charge is 0.165 e. The molecule has 0 saturated heterocycles. The van der Waals surface area contributed by atoms with Crippen LogP contribution >= 0.6 is 11.8 Å². The van der Waals surface area contributed by atoms with Crippen LogP contribution in [0.1, 0.15) is 72.4 Å². The topological polar surface area (TPSA) is 40.6 Å². The van der Waals surface area contributed by atoms with Gasteiger partial charge in [0.05, 0.1) is 0 Å². The second-order valence-corrected chi connectivity index (χ2v) is 9.29. The van der Waals surface area contributed by atoms with Crippen molar-refractivity contribution in [2.75, 3.05) is 39.3 Å². The van der Waals surface area contributed by atoms with E-state index in [1.54, 1.807) is 11.8 Å². The van der Waals surface area contributed by atoms with E-state index in [9.17, 15) is 9.59 Å². The van der Waals surface area contributed by atoms with Crippen LogP contribution in [-0.4, -0.2) is 60.6 Å². The summed E-state index contributed by atoms with van der Waals surface area (Å²) in [5.74, 6) is 0.380. The molecular weight excluding hydrogens is 416 g/mol. The normalized spacial score (nSPS) is 12.7. The second-order valence-electron chi connectivity index (χ2n) is 8.27. The third-order valence-corrected chi connectivity index (χ3v) is 7.85. The summed E-state index contributed by atoms with van der Waals surface area (Å²) in [6.45, 7) is 13.9. The fourth-order valence-corrected chi connectivity index (χ4v) is 5.63. The number of rotatable bonds is 12. The average Bonchev–Trinajstić information content (AvgIpc) is 2.82. The van der Waals surface area contributed by atoms with Crippen LogP contribution in [-0.2, 0) is 6.42 Å². The number of hydrogen-bond donors (Lipinski definition) is 0. The Morgan fingerprint density at radius 2 is 1.12 bits per heavy atom. The first-order chi connectivity index (χ1) is 15.5.